The van der Waals surface area contributed by atoms with Crippen molar-refractivity contribution in [2.24, 2.45) is 0 Å². The lowest BCUT2D eigenvalue weighted by molar-refractivity contribution is -0.0328. The molecule has 0 spiro atoms. The molecule has 1 N–H and O–H groups in total. The molecule has 1 aromatic carbocycles. The molecule has 0 radical (unpaired) electrons. The highest BCUT2D eigenvalue weighted by molar-refractivity contribution is 5.68. The highest BCUT2D eigenvalue weighted by atomic mass is 16.5. The first-order valence-electron chi connectivity index (χ1n) is 9.29. The number of aromatic nitrogens is 2. The van der Waals surface area contributed by atoms with E-state index in [-0.39, 0.29) is 0 Å². The highest BCUT2D eigenvalue weighted by Gasteiger charge is 2.50. The first-order valence-corrected chi connectivity index (χ1v) is 9.29. The van der Waals surface area contributed by atoms with Gasteiger partial charge in [-0.2, -0.15) is 0 Å². The molecule has 6 heteroatoms. The maximum absolute atomic E-state index is 12.0. The van der Waals surface area contributed by atoms with Gasteiger partial charge in [0.2, 0.25) is 5.88 Å². The number of carboxylic acid groups (broad SMARTS) is 1. The van der Waals surface area contributed by atoms with Crippen molar-refractivity contribution in [1.29, 1.82) is 0 Å². The quantitative estimate of drug-likeness (QED) is 0.815. The number of rotatable bonds is 3. The fraction of sp³-hybridized carbons (Fsp3) is 0.409. The summed E-state index contributed by atoms with van der Waals surface area (Å²) in [6, 6.07) is 7.82. The Balaban J connectivity index is 1.90. The lowest BCUT2D eigenvalue weighted by Gasteiger charge is -2.54. The summed E-state index contributed by atoms with van der Waals surface area (Å²) in [5, 5.41) is 9.86. The monoisotopic (exact) mass is 379 g/mol. The first-order chi connectivity index (χ1) is 13.3. The number of carbonyl (C=O) groups is 1. The summed E-state index contributed by atoms with van der Waals surface area (Å²) in [4.78, 5) is 21.9. The van der Waals surface area contributed by atoms with E-state index in [2.05, 4.69) is 21.8 Å². The average Bonchev–Trinajstić information content (AvgIpc) is 2.62. The van der Waals surface area contributed by atoms with Gasteiger partial charge < -0.3 is 9.84 Å². The van der Waals surface area contributed by atoms with Crippen molar-refractivity contribution in [1.82, 2.24) is 14.9 Å². The molecule has 1 heterocycles. The molecule has 1 aromatic heterocycles. The number of methoxy groups -OCH3 is 1. The Labute approximate surface area is 165 Å². The van der Waals surface area contributed by atoms with Crippen LogP contribution in [-0.2, 0) is 5.54 Å². The van der Waals surface area contributed by atoms with Crippen LogP contribution in [0, 0.1) is 11.8 Å². The molecule has 146 valence electrons. The van der Waals surface area contributed by atoms with Crippen molar-refractivity contribution in [3.8, 4) is 17.7 Å². The van der Waals surface area contributed by atoms with E-state index < -0.39 is 17.2 Å². The van der Waals surface area contributed by atoms with Gasteiger partial charge in [-0.1, -0.05) is 18.1 Å². The topological polar surface area (TPSA) is 75.6 Å². The van der Waals surface area contributed by atoms with Crippen LogP contribution in [0.5, 0.6) is 5.88 Å². The van der Waals surface area contributed by atoms with E-state index in [1.165, 1.54) is 7.11 Å². The summed E-state index contributed by atoms with van der Waals surface area (Å²) in [5.41, 5.74) is 1.37. The summed E-state index contributed by atoms with van der Waals surface area (Å²) in [6.07, 6.45) is 4.93. The number of hydrogen-bond donors (Lipinski definition) is 1. The van der Waals surface area contributed by atoms with Gasteiger partial charge >= 0.3 is 6.09 Å². The fourth-order valence-electron chi connectivity index (χ4n) is 3.82. The Morgan fingerprint density at radius 2 is 1.79 bits per heavy atom. The molecule has 28 heavy (non-hydrogen) atoms. The second kappa shape index (κ2) is 7.51. The van der Waals surface area contributed by atoms with Gasteiger partial charge in [0.05, 0.1) is 12.6 Å². The number of hydrogen-bond acceptors (Lipinski definition) is 4. The molecule has 1 aliphatic carbocycles. The first kappa shape index (κ1) is 19.7. The third kappa shape index (κ3) is 3.65. The molecule has 1 saturated carbocycles. The average molecular weight is 379 g/mol. The van der Waals surface area contributed by atoms with Crippen LogP contribution in [0.15, 0.2) is 36.7 Å². The molecule has 1 amide bonds. The van der Waals surface area contributed by atoms with E-state index in [1.54, 1.807) is 17.3 Å². The molecular formula is C22H25N3O3. The summed E-state index contributed by atoms with van der Waals surface area (Å²) in [7, 11) is 1.53. The minimum absolute atomic E-state index is 0.391. The number of amides is 1. The minimum Gasteiger partial charge on any atom is -0.479 e. The van der Waals surface area contributed by atoms with Crippen LogP contribution in [-0.4, -0.2) is 38.7 Å². The lowest BCUT2D eigenvalue weighted by atomic mass is 9.69. The second-order valence-corrected chi connectivity index (χ2v) is 7.92. The fourth-order valence-corrected chi connectivity index (χ4v) is 3.82. The highest BCUT2D eigenvalue weighted by Crippen LogP contribution is 2.49. The van der Waals surface area contributed by atoms with Crippen molar-refractivity contribution in [2.45, 2.75) is 51.1 Å². The standard InChI is InChI=1S/C22H25N3O3/c1-21(2,3)25(20(26)27)22(12-5-13-22)17-9-6-16(7-10-17)8-11-18-19(28-4)24-15-14-23-18/h6-7,9-10,14-15H,5,12-13H2,1-4H3,(H,26,27). The smallest absolute Gasteiger partial charge is 0.408 e. The normalized spacial score (nSPS) is 15.0. The second-order valence-electron chi connectivity index (χ2n) is 7.92. The van der Waals surface area contributed by atoms with Gasteiger partial charge in [0, 0.05) is 23.5 Å². The number of benzene rings is 1. The summed E-state index contributed by atoms with van der Waals surface area (Å²) >= 11 is 0. The van der Waals surface area contributed by atoms with E-state index in [4.69, 9.17) is 4.74 Å². The van der Waals surface area contributed by atoms with Gasteiger partial charge in [-0.15, -0.1) is 0 Å². The maximum atomic E-state index is 12.0. The number of nitrogens with zero attached hydrogens (tertiary/aromatic N) is 3. The zero-order chi connectivity index (χ0) is 20.4. The Morgan fingerprint density at radius 1 is 1.14 bits per heavy atom. The molecule has 1 aliphatic rings. The third-order valence-corrected chi connectivity index (χ3v) is 5.08. The Morgan fingerprint density at radius 3 is 2.29 bits per heavy atom. The molecule has 0 atom stereocenters. The lowest BCUT2D eigenvalue weighted by Crippen LogP contribution is -2.60. The van der Waals surface area contributed by atoms with Crippen LogP contribution in [0.25, 0.3) is 0 Å². The van der Waals surface area contributed by atoms with E-state index in [0.717, 1.165) is 30.4 Å². The van der Waals surface area contributed by atoms with Crippen LogP contribution in [0.4, 0.5) is 4.79 Å². The molecule has 0 unspecified atom stereocenters. The summed E-state index contributed by atoms with van der Waals surface area (Å²) in [5.74, 6) is 6.44. The predicted molar refractivity (Wildman–Crippen MR) is 106 cm³/mol. The van der Waals surface area contributed by atoms with Gasteiger partial charge in [0.25, 0.3) is 0 Å². The Bertz CT molecular complexity index is 917. The molecular weight excluding hydrogens is 354 g/mol. The number of ether oxygens (including phenoxy) is 1. The molecule has 3 rings (SSSR count). The zero-order valence-electron chi connectivity index (χ0n) is 16.7. The van der Waals surface area contributed by atoms with E-state index in [9.17, 15) is 9.90 Å². The van der Waals surface area contributed by atoms with Gasteiger partial charge in [-0.05, 0) is 63.7 Å². The molecule has 6 nitrogen and oxygen atoms in total. The molecule has 0 aliphatic heterocycles. The van der Waals surface area contributed by atoms with E-state index in [1.807, 2.05) is 45.0 Å². The van der Waals surface area contributed by atoms with Gasteiger partial charge in [0.1, 0.15) is 0 Å². The van der Waals surface area contributed by atoms with Crippen molar-refractivity contribution >= 4 is 6.09 Å². The molecule has 1 fully saturated rings. The SMILES string of the molecule is COc1nccnc1C#Cc1ccc(C2(N(C(=O)O)C(C)(C)C)CCC2)cc1. The summed E-state index contributed by atoms with van der Waals surface area (Å²) in [6.45, 7) is 5.82. The zero-order valence-corrected chi connectivity index (χ0v) is 16.7. The van der Waals surface area contributed by atoms with Crippen LogP contribution >= 0.6 is 0 Å². The summed E-state index contributed by atoms with van der Waals surface area (Å²) < 4.78 is 5.16. The van der Waals surface area contributed by atoms with Crippen LogP contribution in [0.1, 0.15) is 56.9 Å². The van der Waals surface area contributed by atoms with Crippen LogP contribution < -0.4 is 4.74 Å². The maximum Gasteiger partial charge on any atom is 0.408 e. The van der Waals surface area contributed by atoms with E-state index in [0.29, 0.717) is 11.6 Å². The van der Waals surface area contributed by atoms with Crippen LogP contribution in [0.3, 0.4) is 0 Å². The third-order valence-electron chi connectivity index (χ3n) is 5.08. The van der Waals surface area contributed by atoms with Crippen molar-refractivity contribution in [3.63, 3.8) is 0 Å². The molecule has 0 saturated heterocycles. The van der Waals surface area contributed by atoms with Gasteiger partial charge in [-0.25, -0.2) is 14.8 Å². The van der Waals surface area contributed by atoms with E-state index >= 15 is 0 Å². The largest absolute Gasteiger partial charge is 0.479 e. The van der Waals surface area contributed by atoms with Crippen molar-refractivity contribution in [3.05, 3.63) is 53.5 Å². The minimum atomic E-state index is -0.884. The molecule has 0 bridgehead atoms. The van der Waals surface area contributed by atoms with Crippen molar-refractivity contribution in [2.75, 3.05) is 7.11 Å². The Kier molecular flexibility index (Phi) is 5.28. The van der Waals surface area contributed by atoms with Gasteiger partial charge in [-0.3, -0.25) is 4.90 Å². The van der Waals surface area contributed by atoms with Crippen LogP contribution in [0.2, 0.25) is 0 Å². The van der Waals surface area contributed by atoms with Crippen molar-refractivity contribution < 1.29 is 14.6 Å². The predicted octanol–water partition coefficient (Wildman–Crippen LogP) is 4.04. The Hall–Kier alpha value is -3.07. The molecule has 2 aromatic rings. The van der Waals surface area contributed by atoms with Gasteiger partial charge in [0.15, 0.2) is 5.69 Å².